The average molecular weight is 319 g/mol. The fraction of sp³-hybridized carbons (Fsp3) is 0.714. The lowest BCUT2D eigenvalue weighted by atomic mass is 9.71. The Bertz CT molecular complexity index is 394. The smallest absolute Gasteiger partial charge is 0.151 e. The molecule has 0 bridgehead atoms. The normalized spacial score (nSPS) is 20.9. The molecule has 1 N–H and O–H groups in total. The molecule has 0 atom stereocenters. The van der Waals surface area contributed by atoms with E-state index >= 15 is 0 Å². The molecule has 2 aliphatic heterocycles. The highest BCUT2D eigenvalue weighted by Crippen LogP contribution is 2.40. The van der Waals surface area contributed by atoms with Gasteiger partial charge in [0.2, 0.25) is 0 Å². The lowest BCUT2D eigenvalue weighted by Crippen LogP contribution is -2.45. The van der Waals surface area contributed by atoms with Gasteiger partial charge < -0.3 is 10.2 Å². The van der Waals surface area contributed by atoms with E-state index in [2.05, 4.69) is 32.5 Å². The van der Waals surface area contributed by atoms with E-state index in [4.69, 9.17) is 0 Å². The second-order valence-electron chi connectivity index (χ2n) is 5.77. The van der Waals surface area contributed by atoms with Crippen molar-refractivity contribution in [3.05, 3.63) is 17.8 Å². The number of rotatable bonds is 1. The Morgan fingerprint density at radius 1 is 1.00 bits per heavy atom. The molecule has 1 aromatic heterocycles. The number of nitrogens with one attached hydrogen (secondary N) is 1. The first kappa shape index (κ1) is 17.5. The maximum atomic E-state index is 4.30. The van der Waals surface area contributed by atoms with Gasteiger partial charge in [0.05, 0.1) is 5.69 Å². The van der Waals surface area contributed by atoms with Crippen LogP contribution in [-0.4, -0.2) is 36.4 Å². The fourth-order valence-electron chi connectivity index (χ4n) is 3.23. The summed E-state index contributed by atoms with van der Waals surface area (Å²) < 4.78 is 0. The summed E-state index contributed by atoms with van der Waals surface area (Å²) in [6.07, 6.45) is 5.31. The highest BCUT2D eigenvalue weighted by molar-refractivity contribution is 5.85. The molecule has 2 saturated heterocycles. The zero-order valence-electron chi connectivity index (χ0n) is 12.0. The van der Waals surface area contributed by atoms with Crippen molar-refractivity contribution in [2.24, 2.45) is 5.41 Å². The van der Waals surface area contributed by atoms with E-state index < -0.39 is 0 Å². The minimum atomic E-state index is 0. The quantitative estimate of drug-likeness (QED) is 0.864. The Morgan fingerprint density at radius 2 is 1.65 bits per heavy atom. The number of nitrogens with zero attached hydrogens (tertiary/aromatic N) is 3. The fourth-order valence-corrected chi connectivity index (χ4v) is 3.23. The van der Waals surface area contributed by atoms with E-state index in [0.717, 1.165) is 24.6 Å². The molecule has 20 heavy (non-hydrogen) atoms. The molecule has 2 fully saturated rings. The Labute approximate surface area is 133 Å². The predicted molar refractivity (Wildman–Crippen MR) is 87.2 cm³/mol. The van der Waals surface area contributed by atoms with Crippen LogP contribution in [0.4, 0.5) is 5.82 Å². The van der Waals surface area contributed by atoms with E-state index in [-0.39, 0.29) is 24.8 Å². The largest absolute Gasteiger partial charge is 0.355 e. The molecule has 0 aliphatic carbocycles. The molecule has 0 amide bonds. The van der Waals surface area contributed by atoms with Crippen molar-refractivity contribution in [1.82, 2.24) is 15.5 Å². The molecule has 4 nitrogen and oxygen atoms in total. The van der Waals surface area contributed by atoms with Crippen molar-refractivity contribution in [3.8, 4) is 0 Å². The summed E-state index contributed by atoms with van der Waals surface area (Å²) in [4.78, 5) is 2.39. The third kappa shape index (κ3) is 3.74. The molecule has 0 aromatic carbocycles. The Hall–Kier alpha value is -0.580. The van der Waals surface area contributed by atoms with Crippen molar-refractivity contribution >= 4 is 30.6 Å². The van der Waals surface area contributed by atoms with Gasteiger partial charge in [-0.2, -0.15) is 5.10 Å². The monoisotopic (exact) mass is 318 g/mol. The van der Waals surface area contributed by atoms with Gasteiger partial charge >= 0.3 is 0 Å². The maximum absolute atomic E-state index is 4.30. The number of anilines is 1. The molecule has 1 aromatic rings. The van der Waals surface area contributed by atoms with Crippen LogP contribution in [0.1, 0.15) is 31.4 Å². The van der Waals surface area contributed by atoms with Crippen molar-refractivity contribution in [2.75, 3.05) is 31.1 Å². The number of aromatic nitrogens is 2. The Morgan fingerprint density at radius 3 is 2.20 bits per heavy atom. The van der Waals surface area contributed by atoms with Gasteiger partial charge in [-0.15, -0.1) is 29.9 Å². The van der Waals surface area contributed by atoms with E-state index in [0.29, 0.717) is 5.41 Å². The van der Waals surface area contributed by atoms with E-state index in [9.17, 15) is 0 Å². The maximum Gasteiger partial charge on any atom is 0.151 e. The molecule has 0 unspecified atom stereocenters. The van der Waals surface area contributed by atoms with Crippen LogP contribution in [0.5, 0.6) is 0 Å². The van der Waals surface area contributed by atoms with E-state index in [1.165, 1.54) is 38.8 Å². The van der Waals surface area contributed by atoms with Crippen molar-refractivity contribution in [2.45, 2.75) is 32.6 Å². The van der Waals surface area contributed by atoms with Crippen LogP contribution in [-0.2, 0) is 0 Å². The van der Waals surface area contributed by atoms with Crippen molar-refractivity contribution in [3.63, 3.8) is 0 Å². The highest BCUT2D eigenvalue weighted by atomic mass is 35.5. The summed E-state index contributed by atoms with van der Waals surface area (Å²) in [7, 11) is 0. The van der Waals surface area contributed by atoms with E-state index in [1.807, 2.05) is 6.92 Å². The zero-order valence-corrected chi connectivity index (χ0v) is 13.6. The second kappa shape index (κ2) is 7.43. The van der Waals surface area contributed by atoms with Crippen LogP contribution in [0.25, 0.3) is 0 Å². The molecular formula is C14H24Cl2N4. The number of aryl methyl sites for hydroxylation is 1. The minimum absolute atomic E-state index is 0. The van der Waals surface area contributed by atoms with Gasteiger partial charge in [-0.25, -0.2) is 0 Å². The number of piperidine rings is 2. The van der Waals surface area contributed by atoms with Crippen LogP contribution >= 0.6 is 24.8 Å². The second-order valence-corrected chi connectivity index (χ2v) is 5.77. The predicted octanol–water partition coefficient (Wildman–Crippen LogP) is 2.60. The van der Waals surface area contributed by atoms with Gasteiger partial charge in [0, 0.05) is 13.1 Å². The standard InChI is InChI=1S/C14H22N4.2ClH/c1-12-2-3-13(17-16-12)18-10-6-14(7-11-18)4-8-15-9-5-14;;/h2-3,15H,4-11H2,1H3;2*1H. The summed E-state index contributed by atoms with van der Waals surface area (Å²) in [6, 6.07) is 4.15. The van der Waals surface area contributed by atoms with Gasteiger partial charge in [0.15, 0.2) is 5.82 Å². The third-order valence-corrected chi connectivity index (χ3v) is 4.60. The first-order valence-electron chi connectivity index (χ1n) is 7.04. The summed E-state index contributed by atoms with van der Waals surface area (Å²) in [5.41, 5.74) is 1.60. The SMILES string of the molecule is Cc1ccc(N2CCC3(CCNCC3)CC2)nn1.Cl.Cl. The number of hydrogen-bond donors (Lipinski definition) is 1. The van der Waals surface area contributed by atoms with E-state index in [1.54, 1.807) is 0 Å². The van der Waals surface area contributed by atoms with Crippen molar-refractivity contribution in [1.29, 1.82) is 0 Å². The summed E-state index contributed by atoms with van der Waals surface area (Å²) >= 11 is 0. The summed E-state index contributed by atoms with van der Waals surface area (Å²) in [5, 5.41) is 11.9. The average Bonchev–Trinajstić information content (AvgIpc) is 2.42. The molecule has 0 saturated carbocycles. The van der Waals surface area contributed by atoms with Crippen LogP contribution in [0.3, 0.4) is 0 Å². The van der Waals surface area contributed by atoms with Gasteiger partial charge in [-0.3, -0.25) is 0 Å². The van der Waals surface area contributed by atoms with Gasteiger partial charge in [-0.05, 0) is 63.2 Å². The number of halogens is 2. The third-order valence-electron chi connectivity index (χ3n) is 4.60. The highest BCUT2D eigenvalue weighted by Gasteiger charge is 2.35. The molecule has 1 spiro atoms. The van der Waals surface area contributed by atoms with Crippen LogP contribution < -0.4 is 10.2 Å². The van der Waals surface area contributed by atoms with Gasteiger partial charge in [0.1, 0.15) is 0 Å². The van der Waals surface area contributed by atoms with Crippen LogP contribution in [0, 0.1) is 12.3 Å². The molecule has 6 heteroatoms. The van der Waals surface area contributed by atoms with Crippen LogP contribution in [0.15, 0.2) is 12.1 Å². The first-order chi connectivity index (χ1) is 8.77. The summed E-state index contributed by atoms with van der Waals surface area (Å²) in [6.45, 7) is 6.65. The molecule has 3 heterocycles. The lowest BCUT2D eigenvalue weighted by Gasteiger charge is -2.44. The molecular weight excluding hydrogens is 295 g/mol. The van der Waals surface area contributed by atoms with Crippen LogP contribution in [0.2, 0.25) is 0 Å². The van der Waals surface area contributed by atoms with Gasteiger partial charge in [-0.1, -0.05) is 0 Å². The Balaban J connectivity index is 0.000001000. The van der Waals surface area contributed by atoms with Crippen molar-refractivity contribution < 1.29 is 0 Å². The van der Waals surface area contributed by atoms with Gasteiger partial charge in [0.25, 0.3) is 0 Å². The molecule has 3 rings (SSSR count). The lowest BCUT2D eigenvalue weighted by molar-refractivity contribution is 0.154. The topological polar surface area (TPSA) is 41.0 Å². The molecule has 2 aliphatic rings. The Kier molecular flexibility index (Phi) is 6.49. The molecule has 0 radical (unpaired) electrons. The summed E-state index contributed by atoms with van der Waals surface area (Å²) in [5.74, 6) is 1.05. The molecule has 114 valence electrons. The first-order valence-corrected chi connectivity index (χ1v) is 7.04. The zero-order chi connectivity index (χ0) is 12.4. The minimum Gasteiger partial charge on any atom is -0.355 e. The number of hydrogen-bond acceptors (Lipinski definition) is 4.